The van der Waals surface area contributed by atoms with Gasteiger partial charge in [0.25, 0.3) is 0 Å². The van der Waals surface area contributed by atoms with E-state index in [1.807, 2.05) is 0 Å². The number of fused-ring (bicyclic) bond motifs is 2. The summed E-state index contributed by atoms with van der Waals surface area (Å²) >= 11 is 0. The summed E-state index contributed by atoms with van der Waals surface area (Å²) in [5.41, 5.74) is 5.58. The third kappa shape index (κ3) is 3.35. The Morgan fingerprint density at radius 3 is 1.52 bits per heavy atom. The van der Waals surface area contributed by atoms with Crippen LogP contribution < -0.4 is 0 Å². The highest BCUT2D eigenvalue weighted by Gasteiger charge is 2.62. The third-order valence-corrected chi connectivity index (χ3v) is 17.7. The lowest BCUT2D eigenvalue weighted by Crippen LogP contribution is -2.48. The van der Waals surface area contributed by atoms with Gasteiger partial charge in [-0.15, -0.1) is 0 Å². The average Bonchev–Trinajstić information content (AvgIpc) is 3.41. The highest BCUT2D eigenvalue weighted by atomic mass is 28.3. The monoisotopic (exact) mass is 434 g/mol. The van der Waals surface area contributed by atoms with Crippen LogP contribution in [0, 0.1) is 47.3 Å². The van der Waals surface area contributed by atoms with Crippen molar-refractivity contribution >= 4 is 8.07 Å². The van der Waals surface area contributed by atoms with Crippen LogP contribution in [0.25, 0.3) is 0 Å². The van der Waals surface area contributed by atoms with Gasteiger partial charge in [0.15, 0.2) is 0 Å². The predicted molar refractivity (Wildman–Crippen MR) is 138 cm³/mol. The number of allylic oxidation sites excluding steroid dienone is 8. The fourth-order valence-corrected chi connectivity index (χ4v) is 18.4. The van der Waals surface area contributed by atoms with E-state index >= 15 is 0 Å². The van der Waals surface area contributed by atoms with Gasteiger partial charge in [0.05, 0.1) is 8.07 Å². The van der Waals surface area contributed by atoms with Crippen molar-refractivity contribution in [3.63, 3.8) is 0 Å². The van der Waals surface area contributed by atoms with Gasteiger partial charge in [-0.3, -0.25) is 0 Å². The molecule has 1 heterocycles. The lowest BCUT2D eigenvalue weighted by Gasteiger charge is -2.48. The molecule has 8 atom stereocenters. The summed E-state index contributed by atoms with van der Waals surface area (Å²) in [6.45, 7) is 15.0. The molecule has 5 aliphatic rings. The molecule has 0 bridgehead atoms. The molecule has 0 aromatic rings. The second kappa shape index (κ2) is 8.19. The maximum absolute atomic E-state index is 2.69. The first-order chi connectivity index (χ1) is 14.8. The molecule has 0 radical (unpaired) electrons. The maximum Gasteiger partial charge on any atom is 0.0615 e. The first-order valence-corrected chi connectivity index (χ1v) is 16.2. The van der Waals surface area contributed by atoms with Crippen LogP contribution in [-0.2, 0) is 0 Å². The number of hydrogen-bond donors (Lipinski definition) is 0. The highest BCUT2D eigenvalue weighted by molar-refractivity contribution is 6.83. The lowest BCUT2D eigenvalue weighted by atomic mass is 9.79. The fraction of sp³-hybridized carbons (Fsp3) is 0.733. The van der Waals surface area contributed by atoms with Gasteiger partial charge in [0, 0.05) is 0 Å². The summed E-state index contributed by atoms with van der Waals surface area (Å²) in [7, 11) is -1.39. The number of hydrogen-bond acceptors (Lipinski definition) is 0. The molecular weight excluding hydrogens is 388 g/mol. The normalized spacial score (nSPS) is 43.4. The van der Waals surface area contributed by atoms with Crippen LogP contribution in [0.2, 0.25) is 23.2 Å². The SMILES string of the molecule is CC(C)C1=CC=CC2C1CC(C)C2[Si]1(C2C(C)CC3C(C(C)C)=CC=CC32)CCCC1. The molecule has 2 saturated carbocycles. The van der Waals surface area contributed by atoms with Crippen LogP contribution in [0.3, 0.4) is 0 Å². The molecule has 170 valence electrons. The van der Waals surface area contributed by atoms with Crippen molar-refractivity contribution in [1.29, 1.82) is 0 Å². The van der Waals surface area contributed by atoms with E-state index in [0.717, 1.165) is 46.6 Å². The van der Waals surface area contributed by atoms with Gasteiger partial charge in [-0.2, -0.15) is 0 Å². The first-order valence-electron chi connectivity index (χ1n) is 13.6. The van der Waals surface area contributed by atoms with Crippen LogP contribution in [0.15, 0.2) is 47.6 Å². The Morgan fingerprint density at radius 1 is 0.710 bits per heavy atom. The molecule has 0 aromatic carbocycles. The Labute approximate surface area is 193 Å². The topological polar surface area (TPSA) is 0 Å². The Balaban J connectivity index is 1.53. The molecule has 5 rings (SSSR count). The van der Waals surface area contributed by atoms with E-state index in [9.17, 15) is 0 Å². The molecule has 31 heavy (non-hydrogen) atoms. The van der Waals surface area contributed by atoms with Crippen LogP contribution in [0.1, 0.15) is 67.2 Å². The van der Waals surface area contributed by atoms with E-state index in [4.69, 9.17) is 0 Å². The van der Waals surface area contributed by atoms with Gasteiger partial charge in [-0.25, -0.2) is 0 Å². The van der Waals surface area contributed by atoms with Gasteiger partial charge in [-0.05, 0) is 71.3 Å². The highest BCUT2D eigenvalue weighted by Crippen LogP contribution is 2.68. The maximum atomic E-state index is 2.69. The van der Waals surface area contributed by atoms with Gasteiger partial charge in [0.1, 0.15) is 0 Å². The summed E-state index contributed by atoms with van der Waals surface area (Å²) in [5.74, 6) is 6.64. The van der Waals surface area contributed by atoms with Crippen molar-refractivity contribution < 1.29 is 0 Å². The second-order valence-electron chi connectivity index (χ2n) is 12.7. The van der Waals surface area contributed by atoms with Crippen molar-refractivity contribution in [2.75, 3.05) is 0 Å². The zero-order valence-corrected chi connectivity index (χ0v) is 22.0. The van der Waals surface area contributed by atoms with Crippen molar-refractivity contribution in [1.82, 2.24) is 0 Å². The molecule has 0 nitrogen and oxygen atoms in total. The minimum atomic E-state index is -1.39. The second-order valence-corrected chi connectivity index (χ2v) is 17.5. The Morgan fingerprint density at radius 2 is 1.13 bits per heavy atom. The Hall–Kier alpha value is -0.823. The quantitative estimate of drug-likeness (QED) is 0.388. The fourth-order valence-electron chi connectivity index (χ4n) is 9.79. The van der Waals surface area contributed by atoms with Gasteiger partial charge < -0.3 is 0 Å². The predicted octanol–water partition coefficient (Wildman–Crippen LogP) is 8.82. The molecule has 3 fully saturated rings. The summed E-state index contributed by atoms with van der Waals surface area (Å²) in [4.78, 5) is 0. The number of rotatable bonds is 4. The molecule has 0 amide bonds. The third-order valence-electron chi connectivity index (χ3n) is 10.5. The zero-order chi connectivity index (χ0) is 21.9. The molecule has 1 aliphatic heterocycles. The minimum Gasteiger partial charge on any atom is -0.0808 e. The lowest BCUT2D eigenvalue weighted by molar-refractivity contribution is 0.451. The molecule has 0 aromatic heterocycles. The summed E-state index contributed by atoms with van der Waals surface area (Å²) in [6, 6.07) is 3.26. The van der Waals surface area contributed by atoms with Crippen molar-refractivity contribution in [2.45, 2.75) is 90.4 Å². The standard InChI is InChI=1S/C30H46Si/c1-19(2)23-11-9-13-25-27(23)17-21(5)29(25)31(15-7-8-16-31)30-22(6)18-28-24(20(3)4)12-10-14-26(28)30/h9-14,19-22,25-30H,7-8,15-18H2,1-6H3. The smallest absolute Gasteiger partial charge is 0.0615 e. The van der Waals surface area contributed by atoms with Crippen molar-refractivity contribution in [3.8, 4) is 0 Å². The molecule has 1 saturated heterocycles. The first kappa shape index (κ1) is 22.0. The molecule has 0 spiro atoms. The minimum absolute atomic E-state index is 0.708. The van der Waals surface area contributed by atoms with E-state index in [0.29, 0.717) is 11.8 Å². The van der Waals surface area contributed by atoms with Crippen LogP contribution in [0.5, 0.6) is 0 Å². The summed E-state index contributed by atoms with van der Waals surface area (Å²) < 4.78 is 0. The zero-order valence-electron chi connectivity index (χ0n) is 21.0. The molecule has 1 heteroatoms. The van der Waals surface area contributed by atoms with Crippen LogP contribution in [-0.4, -0.2) is 8.07 Å². The molecule has 0 N–H and O–H groups in total. The van der Waals surface area contributed by atoms with Crippen LogP contribution >= 0.6 is 0 Å². The summed E-state index contributed by atoms with van der Waals surface area (Å²) in [6.07, 6.45) is 21.2. The van der Waals surface area contributed by atoms with Crippen molar-refractivity contribution in [3.05, 3.63) is 47.6 Å². The van der Waals surface area contributed by atoms with E-state index in [1.165, 1.54) is 25.7 Å². The van der Waals surface area contributed by atoms with E-state index in [-0.39, 0.29) is 0 Å². The van der Waals surface area contributed by atoms with E-state index in [1.54, 1.807) is 23.2 Å². The van der Waals surface area contributed by atoms with E-state index in [2.05, 4.69) is 78.0 Å². The average molecular weight is 435 g/mol. The molecular formula is C30H46Si. The largest absolute Gasteiger partial charge is 0.0808 e. The van der Waals surface area contributed by atoms with E-state index < -0.39 is 8.07 Å². The molecule has 4 aliphatic carbocycles. The van der Waals surface area contributed by atoms with Gasteiger partial charge in [0.2, 0.25) is 0 Å². The van der Waals surface area contributed by atoms with Crippen LogP contribution in [0.4, 0.5) is 0 Å². The summed E-state index contributed by atoms with van der Waals surface area (Å²) in [5, 5.41) is 0. The Bertz CT molecular complexity index is 740. The Kier molecular flexibility index (Phi) is 5.81. The van der Waals surface area contributed by atoms with Gasteiger partial charge in [-0.1, -0.05) is 114 Å². The molecule has 8 unspecified atom stereocenters. The van der Waals surface area contributed by atoms with Crippen molar-refractivity contribution in [2.24, 2.45) is 47.3 Å². The van der Waals surface area contributed by atoms with Gasteiger partial charge >= 0.3 is 0 Å².